The summed E-state index contributed by atoms with van der Waals surface area (Å²) >= 11 is 5.32. The van der Waals surface area contributed by atoms with Crippen molar-refractivity contribution in [2.75, 3.05) is 0 Å². The van der Waals surface area contributed by atoms with E-state index in [1.54, 1.807) is 11.3 Å². The first kappa shape index (κ1) is 9.27. The standard InChI is InChI=1S/C9H13BrS/c1-3-7(2)6-8-4-5-11-9(8)10/h4-5,7H,3,6H2,1-2H3. The molecule has 1 rings (SSSR count). The predicted molar refractivity (Wildman–Crippen MR) is 55.2 cm³/mol. The van der Waals surface area contributed by atoms with Crippen molar-refractivity contribution in [2.24, 2.45) is 5.92 Å². The van der Waals surface area contributed by atoms with Crippen LogP contribution < -0.4 is 0 Å². The number of thiophene rings is 1. The summed E-state index contributed by atoms with van der Waals surface area (Å²) in [6, 6.07) is 2.21. The smallest absolute Gasteiger partial charge is 0.0730 e. The van der Waals surface area contributed by atoms with Gasteiger partial charge in [-0.25, -0.2) is 0 Å². The average molecular weight is 233 g/mol. The van der Waals surface area contributed by atoms with E-state index in [0.29, 0.717) is 0 Å². The molecule has 1 aromatic heterocycles. The summed E-state index contributed by atoms with van der Waals surface area (Å²) < 4.78 is 1.30. The van der Waals surface area contributed by atoms with Gasteiger partial charge in [0.05, 0.1) is 3.79 Å². The molecule has 0 aromatic carbocycles. The zero-order valence-electron chi connectivity index (χ0n) is 6.93. The highest BCUT2D eigenvalue weighted by molar-refractivity contribution is 9.11. The Labute approximate surface area is 80.8 Å². The predicted octanol–water partition coefficient (Wildman–Crippen LogP) is 4.10. The molecule has 1 heterocycles. The third kappa shape index (κ3) is 2.60. The molecule has 0 radical (unpaired) electrons. The van der Waals surface area contributed by atoms with E-state index in [2.05, 4.69) is 41.2 Å². The van der Waals surface area contributed by atoms with Crippen LogP contribution in [0.1, 0.15) is 25.8 Å². The lowest BCUT2D eigenvalue weighted by Crippen LogP contribution is -1.96. The molecule has 0 bridgehead atoms. The molecule has 0 fully saturated rings. The lowest BCUT2D eigenvalue weighted by molar-refractivity contribution is 0.560. The molecule has 0 aliphatic heterocycles. The summed E-state index contributed by atoms with van der Waals surface area (Å²) in [6.45, 7) is 4.54. The van der Waals surface area contributed by atoms with Gasteiger partial charge in [0.15, 0.2) is 0 Å². The second kappa shape index (κ2) is 4.27. The molecular formula is C9H13BrS. The number of hydrogen-bond acceptors (Lipinski definition) is 1. The lowest BCUT2D eigenvalue weighted by Gasteiger charge is -2.05. The van der Waals surface area contributed by atoms with Crippen LogP contribution in [0.5, 0.6) is 0 Å². The summed E-state index contributed by atoms with van der Waals surface area (Å²) in [4.78, 5) is 0. The molecule has 0 aliphatic carbocycles. The van der Waals surface area contributed by atoms with Crippen LogP contribution >= 0.6 is 27.3 Å². The Kier molecular flexibility index (Phi) is 3.60. The zero-order valence-corrected chi connectivity index (χ0v) is 9.33. The van der Waals surface area contributed by atoms with Crippen LogP contribution in [-0.4, -0.2) is 0 Å². The first-order valence-electron chi connectivity index (χ1n) is 3.96. The van der Waals surface area contributed by atoms with Gasteiger partial charge in [-0.2, -0.15) is 0 Å². The minimum Gasteiger partial charge on any atom is -0.137 e. The number of hydrogen-bond donors (Lipinski definition) is 0. The highest BCUT2D eigenvalue weighted by Crippen LogP contribution is 2.26. The van der Waals surface area contributed by atoms with Gasteiger partial charge in [-0.3, -0.25) is 0 Å². The topological polar surface area (TPSA) is 0 Å². The minimum absolute atomic E-state index is 0.806. The fourth-order valence-corrected chi connectivity index (χ4v) is 2.26. The van der Waals surface area contributed by atoms with Gasteiger partial charge in [0.25, 0.3) is 0 Å². The maximum Gasteiger partial charge on any atom is 0.0730 e. The van der Waals surface area contributed by atoms with E-state index >= 15 is 0 Å². The van der Waals surface area contributed by atoms with E-state index < -0.39 is 0 Å². The average Bonchev–Trinajstić information content (AvgIpc) is 2.37. The highest BCUT2D eigenvalue weighted by atomic mass is 79.9. The molecule has 0 amide bonds. The Morgan fingerprint density at radius 2 is 2.36 bits per heavy atom. The first-order valence-corrected chi connectivity index (χ1v) is 5.63. The minimum atomic E-state index is 0.806. The Balaban J connectivity index is 2.56. The van der Waals surface area contributed by atoms with Crippen LogP contribution in [-0.2, 0) is 6.42 Å². The largest absolute Gasteiger partial charge is 0.137 e. The molecule has 0 N–H and O–H groups in total. The fourth-order valence-electron chi connectivity index (χ4n) is 0.985. The van der Waals surface area contributed by atoms with Crippen LogP contribution in [0.15, 0.2) is 15.2 Å². The fraction of sp³-hybridized carbons (Fsp3) is 0.556. The second-order valence-electron chi connectivity index (χ2n) is 2.94. The van der Waals surface area contributed by atoms with Crippen molar-refractivity contribution < 1.29 is 0 Å². The summed E-state index contributed by atoms with van der Waals surface area (Å²) in [6.07, 6.45) is 2.48. The van der Waals surface area contributed by atoms with Crippen LogP contribution in [0.3, 0.4) is 0 Å². The van der Waals surface area contributed by atoms with Crippen LogP contribution in [0, 0.1) is 5.92 Å². The molecule has 0 saturated carbocycles. The third-order valence-electron chi connectivity index (χ3n) is 1.96. The number of rotatable bonds is 3. The second-order valence-corrected chi connectivity index (χ2v) is 5.17. The summed E-state index contributed by atoms with van der Waals surface area (Å²) in [5, 5.41) is 2.14. The zero-order chi connectivity index (χ0) is 8.27. The quantitative estimate of drug-likeness (QED) is 0.737. The third-order valence-corrected chi connectivity index (χ3v) is 3.77. The van der Waals surface area contributed by atoms with E-state index in [0.717, 1.165) is 5.92 Å². The van der Waals surface area contributed by atoms with E-state index in [4.69, 9.17) is 0 Å². The molecule has 1 atom stereocenters. The van der Waals surface area contributed by atoms with Crippen molar-refractivity contribution in [3.05, 3.63) is 20.8 Å². The first-order chi connectivity index (χ1) is 5.24. The SMILES string of the molecule is CCC(C)Cc1ccsc1Br. The normalized spacial score (nSPS) is 13.4. The van der Waals surface area contributed by atoms with Gasteiger partial charge >= 0.3 is 0 Å². The molecule has 0 nitrogen and oxygen atoms in total. The van der Waals surface area contributed by atoms with E-state index in [9.17, 15) is 0 Å². The molecule has 11 heavy (non-hydrogen) atoms. The molecule has 1 aromatic rings. The Hall–Kier alpha value is 0.180. The number of halogens is 1. The van der Waals surface area contributed by atoms with Crippen molar-refractivity contribution in [1.82, 2.24) is 0 Å². The monoisotopic (exact) mass is 232 g/mol. The Bertz CT molecular complexity index is 217. The molecule has 0 saturated heterocycles. The van der Waals surface area contributed by atoms with Crippen LogP contribution in [0.4, 0.5) is 0 Å². The van der Waals surface area contributed by atoms with Gasteiger partial charge in [-0.15, -0.1) is 11.3 Å². The lowest BCUT2D eigenvalue weighted by atomic mass is 10.0. The molecular weight excluding hydrogens is 220 g/mol. The van der Waals surface area contributed by atoms with Crippen molar-refractivity contribution in [3.8, 4) is 0 Å². The van der Waals surface area contributed by atoms with Crippen molar-refractivity contribution in [3.63, 3.8) is 0 Å². The van der Waals surface area contributed by atoms with Crippen LogP contribution in [0.25, 0.3) is 0 Å². The van der Waals surface area contributed by atoms with Gasteiger partial charge in [0.1, 0.15) is 0 Å². The van der Waals surface area contributed by atoms with Gasteiger partial charge in [-0.1, -0.05) is 20.3 Å². The maximum absolute atomic E-state index is 3.54. The van der Waals surface area contributed by atoms with Gasteiger partial charge < -0.3 is 0 Å². The maximum atomic E-state index is 3.54. The van der Waals surface area contributed by atoms with E-state index in [-0.39, 0.29) is 0 Å². The van der Waals surface area contributed by atoms with E-state index in [1.165, 1.54) is 22.2 Å². The van der Waals surface area contributed by atoms with Crippen molar-refractivity contribution in [1.29, 1.82) is 0 Å². The molecule has 2 heteroatoms. The summed E-state index contributed by atoms with van der Waals surface area (Å²) in [7, 11) is 0. The molecule has 0 spiro atoms. The Morgan fingerprint density at radius 1 is 1.64 bits per heavy atom. The van der Waals surface area contributed by atoms with Crippen LogP contribution in [0.2, 0.25) is 0 Å². The highest BCUT2D eigenvalue weighted by Gasteiger charge is 2.04. The molecule has 62 valence electrons. The van der Waals surface area contributed by atoms with Gasteiger partial charge in [-0.05, 0) is 45.3 Å². The van der Waals surface area contributed by atoms with Crippen molar-refractivity contribution >= 4 is 27.3 Å². The molecule has 1 unspecified atom stereocenters. The summed E-state index contributed by atoms with van der Waals surface area (Å²) in [5.41, 5.74) is 1.46. The van der Waals surface area contributed by atoms with Crippen molar-refractivity contribution in [2.45, 2.75) is 26.7 Å². The molecule has 0 aliphatic rings. The van der Waals surface area contributed by atoms with E-state index in [1.807, 2.05) is 0 Å². The Morgan fingerprint density at radius 3 is 2.82 bits per heavy atom. The van der Waals surface area contributed by atoms with Gasteiger partial charge in [0.2, 0.25) is 0 Å². The van der Waals surface area contributed by atoms with Gasteiger partial charge in [0, 0.05) is 0 Å². The summed E-state index contributed by atoms with van der Waals surface area (Å²) in [5.74, 6) is 0.806.